The Morgan fingerprint density at radius 3 is 2.94 bits per heavy atom. The minimum Gasteiger partial charge on any atom is -0.379 e. The molecule has 3 heterocycles. The minimum atomic E-state index is 0.206. The van der Waals surface area contributed by atoms with Crippen LogP contribution in [0.2, 0.25) is 0 Å². The lowest BCUT2D eigenvalue weighted by Crippen LogP contribution is -2.48. The Balaban J connectivity index is 1.77. The standard InChI is InChI=1S/C13H18N2O/c1-2-5-15-12(3-1)13(9-16-10-13)7-11-4-6-14-8-11/h1-3,5,11,14H,4,6-10H2. The highest BCUT2D eigenvalue weighted by Crippen LogP contribution is 2.38. The molecular weight excluding hydrogens is 200 g/mol. The lowest BCUT2D eigenvalue weighted by molar-refractivity contribution is -0.0727. The van der Waals surface area contributed by atoms with E-state index in [4.69, 9.17) is 4.74 Å². The lowest BCUT2D eigenvalue weighted by atomic mass is 9.74. The van der Waals surface area contributed by atoms with Crippen molar-refractivity contribution in [1.29, 1.82) is 0 Å². The number of hydrogen-bond acceptors (Lipinski definition) is 3. The first-order chi connectivity index (χ1) is 7.89. The summed E-state index contributed by atoms with van der Waals surface area (Å²) in [5, 5.41) is 3.43. The van der Waals surface area contributed by atoms with Crippen LogP contribution < -0.4 is 5.32 Å². The summed E-state index contributed by atoms with van der Waals surface area (Å²) >= 11 is 0. The van der Waals surface area contributed by atoms with Gasteiger partial charge < -0.3 is 10.1 Å². The molecule has 16 heavy (non-hydrogen) atoms. The molecule has 3 heteroatoms. The molecule has 2 aliphatic rings. The first-order valence-electron chi connectivity index (χ1n) is 6.09. The van der Waals surface area contributed by atoms with E-state index in [-0.39, 0.29) is 5.41 Å². The highest BCUT2D eigenvalue weighted by atomic mass is 16.5. The molecular formula is C13H18N2O. The van der Waals surface area contributed by atoms with Gasteiger partial charge in [0.05, 0.1) is 24.3 Å². The molecule has 1 N–H and O–H groups in total. The van der Waals surface area contributed by atoms with Crippen LogP contribution >= 0.6 is 0 Å². The summed E-state index contributed by atoms with van der Waals surface area (Å²) in [6.45, 7) is 4.03. The number of hydrogen-bond donors (Lipinski definition) is 1. The van der Waals surface area contributed by atoms with Crippen molar-refractivity contribution >= 4 is 0 Å². The number of nitrogens with one attached hydrogen (secondary N) is 1. The van der Waals surface area contributed by atoms with Crippen LogP contribution in [0.3, 0.4) is 0 Å². The molecule has 0 saturated carbocycles. The molecule has 2 fully saturated rings. The summed E-state index contributed by atoms with van der Waals surface area (Å²) in [6, 6.07) is 6.20. The maximum atomic E-state index is 5.44. The average Bonchev–Trinajstić information content (AvgIpc) is 2.77. The van der Waals surface area contributed by atoms with E-state index in [1.807, 2.05) is 12.3 Å². The van der Waals surface area contributed by atoms with Gasteiger partial charge in [-0.1, -0.05) is 6.07 Å². The smallest absolute Gasteiger partial charge is 0.0601 e. The quantitative estimate of drug-likeness (QED) is 0.831. The second-order valence-electron chi connectivity index (χ2n) is 5.05. The molecule has 0 spiro atoms. The molecule has 2 aliphatic heterocycles. The molecule has 1 unspecified atom stereocenters. The van der Waals surface area contributed by atoms with Crippen molar-refractivity contribution in [3.05, 3.63) is 30.1 Å². The fourth-order valence-electron chi connectivity index (χ4n) is 2.84. The fraction of sp³-hybridized carbons (Fsp3) is 0.615. The number of nitrogens with zero attached hydrogens (tertiary/aromatic N) is 1. The molecule has 2 saturated heterocycles. The third-order valence-corrected chi connectivity index (χ3v) is 3.81. The topological polar surface area (TPSA) is 34.1 Å². The van der Waals surface area contributed by atoms with E-state index < -0.39 is 0 Å². The van der Waals surface area contributed by atoms with E-state index in [0.717, 1.165) is 25.7 Å². The fourth-order valence-corrected chi connectivity index (χ4v) is 2.84. The molecule has 0 bridgehead atoms. The van der Waals surface area contributed by atoms with Gasteiger partial charge in [0.15, 0.2) is 0 Å². The van der Waals surface area contributed by atoms with Crippen molar-refractivity contribution in [3.63, 3.8) is 0 Å². The van der Waals surface area contributed by atoms with E-state index >= 15 is 0 Å². The van der Waals surface area contributed by atoms with E-state index in [2.05, 4.69) is 22.4 Å². The van der Waals surface area contributed by atoms with Crippen molar-refractivity contribution < 1.29 is 4.74 Å². The molecule has 0 amide bonds. The molecule has 1 aromatic heterocycles. The third-order valence-electron chi connectivity index (χ3n) is 3.81. The average molecular weight is 218 g/mol. The molecule has 0 aliphatic carbocycles. The lowest BCUT2D eigenvalue weighted by Gasteiger charge is -2.42. The van der Waals surface area contributed by atoms with Crippen LogP contribution in [0.15, 0.2) is 24.4 Å². The summed E-state index contributed by atoms with van der Waals surface area (Å²) in [7, 11) is 0. The highest BCUT2D eigenvalue weighted by Gasteiger charge is 2.43. The Morgan fingerprint density at radius 2 is 2.38 bits per heavy atom. The predicted molar refractivity (Wildman–Crippen MR) is 62.3 cm³/mol. The Labute approximate surface area is 96.2 Å². The van der Waals surface area contributed by atoms with Crippen molar-refractivity contribution in [3.8, 4) is 0 Å². The van der Waals surface area contributed by atoms with Gasteiger partial charge in [-0.25, -0.2) is 0 Å². The Kier molecular flexibility index (Phi) is 2.65. The van der Waals surface area contributed by atoms with Crippen molar-refractivity contribution in [2.75, 3.05) is 26.3 Å². The van der Waals surface area contributed by atoms with Crippen LogP contribution in [0.5, 0.6) is 0 Å². The molecule has 0 aromatic carbocycles. The van der Waals surface area contributed by atoms with Crippen LogP contribution in [0, 0.1) is 5.92 Å². The Hall–Kier alpha value is -0.930. The Morgan fingerprint density at radius 1 is 1.44 bits per heavy atom. The zero-order valence-corrected chi connectivity index (χ0v) is 9.48. The van der Waals surface area contributed by atoms with Crippen LogP contribution in [0.25, 0.3) is 0 Å². The van der Waals surface area contributed by atoms with Crippen molar-refractivity contribution in [1.82, 2.24) is 10.3 Å². The summed E-state index contributed by atoms with van der Waals surface area (Å²) in [6.07, 6.45) is 4.41. The van der Waals surface area contributed by atoms with Gasteiger partial charge in [0, 0.05) is 6.20 Å². The zero-order chi connectivity index (χ0) is 10.8. The largest absolute Gasteiger partial charge is 0.379 e. The summed E-state index contributed by atoms with van der Waals surface area (Å²) in [4.78, 5) is 4.51. The van der Waals surface area contributed by atoms with Gasteiger partial charge in [-0.2, -0.15) is 0 Å². The molecule has 3 rings (SSSR count). The molecule has 1 atom stereocenters. The SMILES string of the molecule is c1ccc(C2(CC3CCNC3)COC2)nc1. The number of aromatic nitrogens is 1. The van der Waals surface area contributed by atoms with Crippen LogP contribution in [0.1, 0.15) is 18.5 Å². The molecule has 1 aromatic rings. The zero-order valence-electron chi connectivity index (χ0n) is 9.48. The van der Waals surface area contributed by atoms with Gasteiger partial charge in [0.25, 0.3) is 0 Å². The van der Waals surface area contributed by atoms with Gasteiger partial charge in [-0.3, -0.25) is 4.98 Å². The highest BCUT2D eigenvalue weighted by molar-refractivity contribution is 5.20. The first kappa shape index (κ1) is 10.2. The maximum Gasteiger partial charge on any atom is 0.0601 e. The van der Waals surface area contributed by atoms with Crippen molar-refractivity contribution in [2.24, 2.45) is 5.92 Å². The number of pyridine rings is 1. The number of rotatable bonds is 3. The first-order valence-corrected chi connectivity index (χ1v) is 6.09. The summed E-state index contributed by atoms with van der Waals surface area (Å²) < 4.78 is 5.44. The van der Waals surface area contributed by atoms with Crippen LogP contribution in [-0.2, 0) is 10.2 Å². The van der Waals surface area contributed by atoms with Gasteiger partial charge in [0.2, 0.25) is 0 Å². The monoisotopic (exact) mass is 218 g/mol. The van der Waals surface area contributed by atoms with E-state index in [1.54, 1.807) is 0 Å². The van der Waals surface area contributed by atoms with E-state index in [9.17, 15) is 0 Å². The van der Waals surface area contributed by atoms with Crippen LogP contribution in [0.4, 0.5) is 0 Å². The van der Waals surface area contributed by atoms with E-state index in [1.165, 1.54) is 25.1 Å². The second-order valence-corrected chi connectivity index (χ2v) is 5.05. The minimum absolute atomic E-state index is 0.206. The van der Waals surface area contributed by atoms with Gasteiger partial charge in [0.1, 0.15) is 0 Å². The second kappa shape index (κ2) is 4.15. The predicted octanol–water partition coefficient (Wildman–Crippen LogP) is 1.35. The third kappa shape index (κ3) is 1.74. The van der Waals surface area contributed by atoms with Gasteiger partial charge in [-0.15, -0.1) is 0 Å². The normalized spacial score (nSPS) is 27.6. The van der Waals surface area contributed by atoms with Gasteiger partial charge >= 0.3 is 0 Å². The Bertz CT molecular complexity index is 342. The van der Waals surface area contributed by atoms with Gasteiger partial charge in [-0.05, 0) is 44.0 Å². The number of ether oxygens (including phenoxy) is 1. The molecule has 0 radical (unpaired) electrons. The van der Waals surface area contributed by atoms with Crippen molar-refractivity contribution in [2.45, 2.75) is 18.3 Å². The molecule has 86 valence electrons. The van der Waals surface area contributed by atoms with Crippen LogP contribution in [-0.4, -0.2) is 31.3 Å². The van der Waals surface area contributed by atoms with E-state index in [0.29, 0.717) is 0 Å². The summed E-state index contributed by atoms with van der Waals surface area (Å²) in [5.41, 5.74) is 1.42. The molecule has 3 nitrogen and oxygen atoms in total. The summed E-state index contributed by atoms with van der Waals surface area (Å²) in [5.74, 6) is 0.797. The maximum absolute atomic E-state index is 5.44.